The van der Waals surface area contributed by atoms with Crippen LogP contribution >= 0.6 is 11.9 Å². The van der Waals surface area contributed by atoms with Gasteiger partial charge in [-0.3, -0.25) is 4.79 Å². The van der Waals surface area contributed by atoms with Crippen molar-refractivity contribution < 1.29 is 4.79 Å². The second kappa shape index (κ2) is 33.1. The van der Waals surface area contributed by atoms with Crippen LogP contribution in [0.4, 0.5) is 5.69 Å². The van der Waals surface area contributed by atoms with Gasteiger partial charge >= 0.3 is 0 Å². The fraction of sp³-hybridized carbons (Fsp3) is 0.523. The third-order valence-corrected chi connectivity index (χ3v) is 8.40. The number of amides is 1. The first kappa shape index (κ1) is 53.7. The lowest BCUT2D eigenvalue weighted by Crippen LogP contribution is -2.22. The Hall–Kier alpha value is -3.06. The molecule has 1 atom stereocenters. The normalized spacial score (nSPS) is 11.6. The van der Waals surface area contributed by atoms with Crippen molar-refractivity contribution in [2.75, 3.05) is 19.3 Å². The number of carbonyl (C=O) groups is 1. The third kappa shape index (κ3) is 20.6. The molecule has 6 heteroatoms. The van der Waals surface area contributed by atoms with Gasteiger partial charge in [-0.2, -0.15) is 0 Å². The van der Waals surface area contributed by atoms with Crippen LogP contribution in [0.25, 0.3) is 0 Å². The van der Waals surface area contributed by atoms with E-state index in [1.165, 1.54) is 51.8 Å². The quantitative estimate of drug-likeness (QED) is 0.0669. The number of allylic oxidation sites excluding steroid dienone is 5. The van der Waals surface area contributed by atoms with Gasteiger partial charge in [0.2, 0.25) is 6.41 Å². The van der Waals surface area contributed by atoms with Crippen molar-refractivity contribution in [1.29, 1.82) is 0 Å². The highest BCUT2D eigenvalue weighted by Gasteiger charge is 2.30. The summed E-state index contributed by atoms with van der Waals surface area (Å²) in [5.41, 5.74) is 25.3. The summed E-state index contributed by atoms with van der Waals surface area (Å²) < 4.78 is 2.49. The molecule has 2 aromatic rings. The van der Waals surface area contributed by atoms with E-state index >= 15 is 0 Å². The molecule has 2 aromatic carbocycles. The first-order chi connectivity index (χ1) is 23.8. The maximum atomic E-state index is 8.58. The van der Waals surface area contributed by atoms with Crippen molar-refractivity contribution >= 4 is 24.0 Å². The summed E-state index contributed by atoms with van der Waals surface area (Å²) in [6.07, 6.45) is 14.1. The number of rotatable bonds is 12. The van der Waals surface area contributed by atoms with Crippen LogP contribution in [0.1, 0.15) is 142 Å². The smallest absolute Gasteiger partial charge is 0.204 e. The van der Waals surface area contributed by atoms with Crippen LogP contribution in [0, 0.1) is 19.3 Å². The Morgan fingerprint density at radius 2 is 1.46 bits per heavy atom. The van der Waals surface area contributed by atoms with Gasteiger partial charge in [0.05, 0.1) is 0 Å². The van der Waals surface area contributed by atoms with Gasteiger partial charge in [0.15, 0.2) is 0 Å². The fourth-order valence-electron chi connectivity index (χ4n) is 5.10. The standard InChI is InChI=1S/C35H50N2S.C3H8.2C2H6.CH3NO.CH5N/c1-11-15-22-37(38-32(17-13-3)25(5)16-12-2)24-30-23-29(20-19-28(30)14-4)33(35(8,9)10)31-21-18-26(6)34(36)27(31)7;1-3-2;2*1-2;2-1-3;1-2/h11-13,16-21,23,33H,1,14-15,22,24,36H2,2-10H3;3H2,1-2H3;2*1-2H3;1H,(H2,2,3);2H2,1H3/b16-12-,17-13-,32-25+;;;;;. The van der Waals surface area contributed by atoms with Crippen LogP contribution in [0.3, 0.4) is 0 Å². The van der Waals surface area contributed by atoms with E-state index in [2.05, 4.69) is 153 Å². The van der Waals surface area contributed by atoms with Crippen LogP contribution in [0.15, 0.2) is 77.8 Å². The average Bonchev–Trinajstić information content (AvgIpc) is 3.10. The second-order valence-corrected chi connectivity index (χ2v) is 13.3. The number of primary amides is 1. The summed E-state index contributed by atoms with van der Waals surface area (Å²) in [4.78, 5) is 9.86. The minimum Gasteiger partial charge on any atom is -0.398 e. The number of carbonyl (C=O) groups excluding carboxylic acids is 1. The number of anilines is 1. The first-order valence-electron chi connectivity index (χ1n) is 18.5. The van der Waals surface area contributed by atoms with E-state index in [0.29, 0.717) is 0 Å². The SMILES string of the molecule is C=CCCN(Cc1cc(C(c2ccc(C)c(N)c2C)C(C)(C)C)ccc1CC)SC(/C=C\C)=C(C)/C=C\C.CC.CC.CCC.CN.NC=O. The number of nitrogens with two attached hydrogens (primary N) is 3. The van der Waals surface area contributed by atoms with Gasteiger partial charge < -0.3 is 17.2 Å². The number of hydrogen-bond acceptors (Lipinski definition) is 5. The zero-order valence-electron chi connectivity index (χ0n) is 35.2. The number of benzene rings is 2. The molecule has 0 aliphatic rings. The van der Waals surface area contributed by atoms with E-state index in [-0.39, 0.29) is 17.7 Å². The predicted molar refractivity (Wildman–Crippen MR) is 232 cm³/mol. The number of hydrogen-bond donors (Lipinski definition) is 3. The lowest BCUT2D eigenvalue weighted by atomic mass is 9.70. The largest absolute Gasteiger partial charge is 0.398 e. The van der Waals surface area contributed by atoms with E-state index < -0.39 is 0 Å². The lowest BCUT2D eigenvalue weighted by Gasteiger charge is -2.34. The molecule has 0 aliphatic heterocycles. The molecule has 6 N–H and O–H groups in total. The molecule has 286 valence electrons. The molecular weight excluding hydrogens is 633 g/mol. The van der Waals surface area contributed by atoms with Gasteiger partial charge in [-0.05, 0) is 111 Å². The third-order valence-electron chi connectivity index (χ3n) is 7.18. The van der Waals surface area contributed by atoms with Crippen molar-refractivity contribution in [2.24, 2.45) is 16.9 Å². The van der Waals surface area contributed by atoms with Crippen molar-refractivity contribution in [2.45, 2.75) is 136 Å². The molecule has 0 aliphatic carbocycles. The Bertz CT molecular complexity index is 1260. The molecule has 0 saturated heterocycles. The predicted octanol–water partition coefficient (Wildman–Crippen LogP) is 12.2. The van der Waals surface area contributed by atoms with Crippen LogP contribution < -0.4 is 17.2 Å². The van der Waals surface area contributed by atoms with Gasteiger partial charge in [0, 0.05) is 29.6 Å². The van der Waals surface area contributed by atoms with Crippen molar-refractivity contribution in [3.05, 3.63) is 111 Å². The van der Waals surface area contributed by atoms with Crippen molar-refractivity contribution in [3.8, 4) is 0 Å². The van der Waals surface area contributed by atoms with Gasteiger partial charge in [-0.1, -0.05) is 136 Å². The molecule has 0 bridgehead atoms. The molecule has 0 heterocycles. The van der Waals surface area contributed by atoms with Crippen LogP contribution in [0.5, 0.6) is 0 Å². The molecule has 0 fully saturated rings. The van der Waals surface area contributed by atoms with Crippen LogP contribution in [-0.4, -0.2) is 24.3 Å². The molecule has 0 spiro atoms. The van der Waals surface area contributed by atoms with E-state index in [9.17, 15) is 0 Å². The Morgan fingerprint density at radius 1 is 0.940 bits per heavy atom. The maximum absolute atomic E-state index is 8.58. The maximum Gasteiger partial charge on any atom is 0.204 e. The Labute approximate surface area is 315 Å². The molecule has 1 amide bonds. The molecule has 50 heavy (non-hydrogen) atoms. The van der Waals surface area contributed by atoms with Crippen LogP contribution in [-0.2, 0) is 17.8 Å². The fourth-order valence-corrected chi connectivity index (χ4v) is 6.18. The topological polar surface area (TPSA) is 98.4 Å². The monoisotopic (exact) mass is 711 g/mol. The minimum absolute atomic E-state index is 0.0418. The minimum atomic E-state index is 0.0418. The van der Waals surface area contributed by atoms with E-state index in [1.54, 1.807) is 0 Å². The average molecular weight is 711 g/mol. The van der Waals surface area contributed by atoms with Crippen molar-refractivity contribution in [1.82, 2.24) is 4.31 Å². The van der Waals surface area contributed by atoms with E-state index in [1.807, 2.05) is 45.7 Å². The highest BCUT2D eigenvalue weighted by Crippen LogP contribution is 2.44. The summed E-state index contributed by atoms with van der Waals surface area (Å²) in [7, 11) is 1.50. The van der Waals surface area contributed by atoms with Gasteiger partial charge in [-0.25, -0.2) is 4.31 Å². The zero-order valence-corrected chi connectivity index (χ0v) is 36.0. The highest BCUT2D eigenvalue weighted by molar-refractivity contribution is 8.01. The summed E-state index contributed by atoms with van der Waals surface area (Å²) >= 11 is 1.85. The first-order valence-corrected chi connectivity index (χ1v) is 19.3. The Kier molecular flexibility index (Phi) is 35.6. The van der Waals surface area contributed by atoms with Gasteiger partial charge in [0.25, 0.3) is 0 Å². The van der Waals surface area contributed by atoms with Gasteiger partial charge in [0.1, 0.15) is 0 Å². The van der Waals surface area contributed by atoms with E-state index in [4.69, 9.17) is 10.5 Å². The second-order valence-electron chi connectivity index (χ2n) is 12.1. The van der Waals surface area contributed by atoms with E-state index in [0.717, 1.165) is 37.2 Å². The lowest BCUT2D eigenvalue weighted by molar-refractivity contribution is -0.106. The Morgan fingerprint density at radius 3 is 1.90 bits per heavy atom. The summed E-state index contributed by atoms with van der Waals surface area (Å²) in [5, 5.41) is 0. The summed E-state index contributed by atoms with van der Waals surface area (Å²) in [6.45, 7) is 38.0. The van der Waals surface area contributed by atoms with Crippen molar-refractivity contribution in [3.63, 3.8) is 0 Å². The Balaban J connectivity index is -0.000000781. The molecule has 1 unspecified atom stereocenters. The number of aryl methyl sites for hydroxylation is 2. The number of nitrogen functional groups attached to an aromatic ring is 1. The number of nitrogens with zero attached hydrogens (tertiary/aromatic N) is 1. The molecule has 0 saturated carbocycles. The molecule has 2 rings (SSSR count). The molecule has 0 aromatic heterocycles. The molecule has 5 nitrogen and oxygen atoms in total. The van der Waals surface area contributed by atoms with Crippen LogP contribution in [0.2, 0.25) is 0 Å². The molecule has 0 radical (unpaired) electrons. The summed E-state index contributed by atoms with van der Waals surface area (Å²) in [6, 6.07) is 11.6. The summed E-state index contributed by atoms with van der Waals surface area (Å²) in [5.74, 6) is 0.250. The molecular formula is C44H78N4OS. The van der Waals surface area contributed by atoms with Gasteiger partial charge in [-0.15, -0.1) is 6.58 Å². The highest BCUT2D eigenvalue weighted by atomic mass is 32.2. The zero-order chi connectivity index (χ0) is 39.9.